The lowest BCUT2D eigenvalue weighted by atomic mass is 10.2. The van der Waals surface area contributed by atoms with Crippen molar-refractivity contribution in [2.24, 2.45) is 0 Å². The van der Waals surface area contributed by atoms with Crippen LogP contribution in [-0.4, -0.2) is 26.3 Å². The van der Waals surface area contributed by atoms with Gasteiger partial charge in [-0.2, -0.15) is 0 Å². The average Bonchev–Trinajstić information content (AvgIpc) is 2.69. The molecule has 1 amide bonds. The summed E-state index contributed by atoms with van der Waals surface area (Å²) in [7, 11) is 1.69. The normalized spacial score (nSPS) is 10.3. The van der Waals surface area contributed by atoms with Crippen LogP contribution in [0.4, 0.5) is 4.79 Å². The van der Waals surface area contributed by atoms with Gasteiger partial charge in [0.25, 0.3) is 0 Å². The van der Waals surface area contributed by atoms with Crippen molar-refractivity contribution in [3.63, 3.8) is 0 Å². The van der Waals surface area contributed by atoms with Gasteiger partial charge in [-0.25, -0.2) is 4.79 Å². The van der Waals surface area contributed by atoms with Crippen molar-refractivity contribution in [1.29, 1.82) is 0 Å². The van der Waals surface area contributed by atoms with Crippen LogP contribution in [0.1, 0.15) is 30.4 Å². The van der Waals surface area contributed by atoms with E-state index in [1.54, 1.807) is 7.11 Å². The molecule has 26 heavy (non-hydrogen) atoms. The number of alkyl carbamates (subject to hydrolysis) is 1. The molecule has 2 N–H and O–H groups in total. The average molecular weight is 356 g/mol. The highest BCUT2D eigenvalue weighted by Crippen LogP contribution is 2.16. The molecular weight excluding hydrogens is 328 g/mol. The summed E-state index contributed by atoms with van der Waals surface area (Å²) in [5.74, 6) is 0.915. The van der Waals surface area contributed by atoms with E-state index in [-0.39, 0.29) is 6.09 Å². The first kappa shape index (κ1) is 19.8. The third-order valence-electron chi connectivity index (χ3n) is 4.02. The van der Waals surface area contributed by atoms with E-state index >= 15 is 0 Å². The molecule has 0 heterocycles. The largest absolute Gasteiger partial charge is 0.496 e. The van der Waals surface area contributed by atoms with E-state index < -0.39 is 0 Å². The Morgan fingerprint density at radius 2 is 1.65 bits per heavy atom. The number of rotatable bonds is 11. The maximum absolute atomic E-state index is 11.6. The van der Waals surface area contributed by atoms with Crippen molar-refractivity contribution in [3.05, 3.63) is 65.7 Å². The van der Waals surface area contributed by atoms with Crippen LogP contribution in [0, 0.1) is 0 Å². The van der Waals surface area contributed by atoms with Crippen molar-refractivity contribution in [3.8, 4) is 5.75 Å². The molecule has 5 heteroatoms. The van der Waals surface area contributed by atoms with E-state index in [4.69, 9.17) is 9.47 Å². The number of carbonyl (C=O) groups is 1. The van der Waals surface area contributed by atoms with E-state index in [0.29, 0.717) is 13.2 Å². The van der Waals surface area contributed by atoms with Gasteiger partial charge in [0.1, 0.15) is 12.4 Å². The topological polar surface area (TPSA) is 59.6 Å². The van der Waals surface area contributed by atoms with Crippen molar-refractivity contribution in [1.82, 2.24) is 10.6 Å². The summed E-state index contributed by atoms with van der Waals surface area (Å²) in [4.78, 5) is 11.6. The summed E-state index contributed by atoms with van der Waals surface area (Å²) in [6, 6.07) is 17.7. The molecular formula is C21H28N2O3. The Morgan fingerprint density at radius 1 is 0.923 bits per heavy atom. The summed E-state index contributed by atoms with van der Waals surface area (Å²) >= 11 is 0. The van der Waals surface area contributed by atoms with Crippen molar-refractivity contribution in [2.75, 3.05) is 20.2 Å². The first-order valence-corrected chi connectivity index (χ1v) is 9.07. The Balaban J connectivity index is 1.46. The highest BCUT2D eigenvalue weighted by atomic mass is 16.5. The molecule has 140 valence electrons. The molecule has 0 aliphatic heterocycles. The van der Waals surface area contributed by atoms with Crippen LogP contribution in [0.3, 0.4) is 0 Å². The molecule has 2 rings (SSSR count). The minimum atomic E-state index is -0.358. The monoisotopic (exact) mass is 356 g/mol. The molecule has 0 aliphatic carbocycles. The van der Waals surface area contributed by atoms with Gasteiger partial charge in [0.05, 0.1) is 7.11 Å². The van der Waals surface area contributed by atoms with Crippen molar-refractivity contribution >= 4 is 6.09 Å². The van der Waals surface area contributed by atoms with Gasteiger partial charge in [-0.15, -0.1) is 0 Å². The number of hydrogen-bond donors (Lipinski definition) is 2. The second kappa shape index (κ2) is 11.9. The standard InChI is InChI=1S/C21H28N2O3/c1-25-20-13-7-6-12-19(20)16-22-14-8-3-9-15-23-21(24)26-17-18-10-4-2-5-11-18/h2,4-7,10-13,22H,3,8-9,14-17H2,1H3,(H,23,24). The van der Waals surface area contributed by atoms with E-state index in [1.807, 2.05) is 48.5 Å². The first-order valence-electron chi connectivity index (χ1n) is 9.07. The molecule has 0 saturated heterocycles. The quantitative estimate of drug-likeness (QED) is 0.600. The molecule has 0 aromatic heterocycles. The minimum Gasteiger partial charge on any atom is -0.496 e. The maximum Gasteiger partial charge on any atom is 0.407 e. The van der Waals surface area contributed by atoms with E-state index in [1.165, 1.54) is 0 Å². The Labute approximate surface area is 155 Å². The van der Waals surface area contributed by atoms with Crippen LogP contribution < -0.4 is 15.4 Å². The number of methoxy groups -OCH3 is 1. The van der Waals surface area contributed by atoms with Crippen LogP contribution in [0.25, 0.3) is 0 Å². The van der Waals surface area contributed by atoms with Gasteiger partial charge in [-0.05, 0) is 31.0 Å². The number of hydrogen-bond acceptors (Lipinski definition) is 4. The van der Waals surface area contributed by atoms with Crippen LogP contribution in [0.5, 0.6) is 5.75 Å². The zero-order chi connectivity index (χ0) is 18.5. The number of benzene rings is 2. The van der Waals surface area contributed by atoms with E-state index in [2.05, 4.69) is 16.7 Å². The van der Waals surface area contributed by atoms with Crippen LogP contribution in [0.2, 0.25) is 0 Å². The van der Waals surface area contributed by atoms with Crippen LogP contribution in [-0.2, 0) is 17.9 Å². The molecule has 2 aromatic rings. The summed E-state index contributed by atoms with van der Waals surface area (Å²) in [6.07, 6.45) is 2.70. The van der Waals surface area contributed by atoms with Gasteiger partial charge >= 0.3 is 6.09 Å². The number of carbonyl (C=O) groups excluding carboxylic acids is 1. The van der Waals surface area contributed by atoms with Gasteiger partial charge in [0, 0.05) is 18.7 Å². The molecule has 0 radical (unpaired) electrons. The van der Waals surface area contributed by atoms with Crippen LogP contribution >= 0.6 is 0 Å². The lowest BCUT2D eigenvalue weighted by Crippen LogP contribution is -2.25. The Kier molecular flexibility index (Phi) is 9.08. The number of ether oxygens (including phenoxy) is 2. The summed E-state index contributed by atoms with van der Waals surface area (Å²) in [5.41, 5.74) is 2.15. The maximum atomic E-state index is 11.6. The predicted molar refractivity (Wildman–Crippen MR) is 103 cm³/mol. The van der Waals surface area contributed by atoms with Crippen molar-refractivity contribution < 1.29 is 14.3 Å². The van der Waals surface area contributed by atoms with Gasteiger partial charge < -0.3 is 20.1 Å². The summed E-state index contributed by atoms with van der Waals surface area (Å²) in [5, 5.41) is 6.21. The lowest BCUT2D eigenvalue weighted by Gasteiger charge is -2.09. The second-order valence-corrected chi connectivity index (χ2v) is 6.04. The highest BCUT2D eigenvalue weighted by Gasteiger charge is 2.02. The zero-order valence-corrected chi connectivity index (χ0v) is 15.4. The fraction of sp³-hybridized carbons (Fsp3) is 0.381. The smallest absolute Gasteiger partial charge is 0.407 e. The van der Waals surface area contributed by atoms with Crippen LogP contribution in [0.15, 0.2) is 54.6 Å². The van der Waals surface area contributed by atoms with Gasteiger partial charge in [-0.3, -0.25) is 0 Å². The number of nitrogens with one attached hydrogen (secondary N) is 2. The Hall–Kier alpha value is -2.53. The number of para-hydroxylation sites is 1. The molecule has 5 nitrogen and oxygen atoms in total. The van der Waals surface area contributed by atoms with E-state index in [0.717, 1.165) is 49.2 Å². The fourth-order valence-corrected chi connectivity index (χ4v) is 2.59. The second-order valence-electron chi connectivity index (χ2n) is 6.04. The van der Waals surface area contributed by atoms with E-state index in [9.17, 15) is 4.79 Å². The molecule has 0 bridgehead atoms. The lowest BCUT2D eigenvalue weighted by molar-refractivity contribution is 0.139. The molecule has 0 atom stereocenters. The summed E-state index contributed by atoms with van der Waals surface area (Å²) < 4.78 is 10.5. The zero-order valence-electron chi connectivity index (χ0n) is 15.4. The molecule has 0 spiro atoms. The third kappa shape index (κ3) is 7.57. The van der Waals surface area contributed by atoms with Gasteiger partial charge in [0.2, 0.25) is 0 Å². The highest BCUT2D eigenvalue weighted by molar-refractivity contribution is 5.67. The molecule has 2 aromatic carbocycles. The predicted octanol–water partition coefficient (Wildman–Crippen LogP) is 3.88. The number of amides is 1. The molecule has 0 unspecified atom stereocenters. The summed E-state index contributed by atoms with van der Waals surface area (Å²) in [6.45, 7) is 2.68. The minimum absolute atomic E-state index is 0.305. The Morgan fingerprint density at radius 3 is 2.46 bits per heavy atom. The van der Waals surface area contributed by atoms with Gasteiger partial charge in [-0.1, -0.05) is 55.0 Å². The van der Waals surface area contributed by atoms with Gasteiger partial charge in [0.15, 0.2) is 0 Å². The SMILES string of the molecule is COc1ccccc1CNCCCCCNC(=O)OCc1ccccc1. The third-order valence-corrected chi connectivity index (χ3v) is 4.02. The first-order chi connectivity index (χ1) is 12.8. The molecule has 0 saturated carbocycles. The fourth-order valence-electron chi connectivity index (χ4n) is 2.59. The number of unbranched alkanes of at least 4 members (excludes halogenated alkanes) is 2. The Bertz CT molecular complexity index is 647. The molecule has 0 aliphatic rings. The molecule has 0 fully saturated rings. The van der Waals surface area contributed by atoms with Crippen molar-refractivity contribution in [2.45, 2.75) is 32.4 Å².